The summed E-state index contributed by atoms with van der Waals surface area (Å²) >= 11 is 0. The second-order valence-corrected chi connectivity index (χ2v) is 4.92. The zero-order chi connectivity index (χ0) is 15.5. The summed E-state index contributed by atoms with van der Waals surface area (Å²) in [6, 6.07) is 10.7. The molecule has 2 heterocycles. The highest BCUT2D eigenvalue weighted by Crippen LogP contribution is 2.21. The van der Waals surface area contributed by atoms with Gasteiger partial charge < -0.3 is 14.3 Å². The van der Waals surface area contributed by atoms with Gasteiger partial charge >= 0.3 is 0 Å². The van der Waals surface area contributed by atoms with Crippen molar-refractivity contribution in [1.82, 2.24) is 14.9 Å². The van der Waals surface area contributed by atoms with Crippen LogP contribution in [0.4, 0.5) is 0 Å². The lowest BCUT2D eigenvalue weighted by atomic mass is 10.3. The minimum absolute atomic E-state index is 0.270. The number of hydrogen-bond acceptors (Lipinski definition) is 3. The number of hydrogen-bond donors (Lipinski definition) is 1. The Morgan fingerprint density at radius 3 is 2.95 bits per heavy atom. The Kier molecular flexibility index (Phi) is 3.67. The summed E-state index contributed by atoms with van der Waals surface area (Å²) in [5.74, 6) is 3.34. The Labute approximate surface area is 128 Å². The van der Waals surface area contributed by atoms with Gasteiger partial charge in [-0.3, -0.25) is 4.79 Å². The predicted molar refractivity (Wildman–Crippen MR) is 83.2 cm³/mol. The average molecular weight is 293 g/mol. The van der Waals surface area contributed by atoms with Gasteiger partial charge in [-0.05, 0) is 31.2 Å². The first-order valence-corrected chi connectivity index (χ1v) is 6.93. The van der Waals surface area contributed by atoms with Crippen LogP contribution in [0.5, 0.6) is 0 Å². The van der Waals surface area contributed by atoms with Gasteiger partial charge in [0, 0.05) is 0 Å². The molecule has 1 atom stereocenters. The monoisotopic (exact) mass is 293 g/mol. The highest BCUT2D eigenvalue weighted by molar-refractivity contribution is 5.91. The number of nitrogens with one attached hydrogen (secondary N) is 1. The zero-order valence-electron chi connectivity index (χ0n) is 12.1. The summed E-state index contributed by atoms with van der Waals surface area (Å²) < 4.78 is 7.03. The SMILES string of the molecule is C#CCn1c([C@@H](C)NC(=O)c2ccco2)nc2ccccc21. The topological polar surface area (TPSA) is 60.1 Å². The molecule has 2 aromatic heterocycles. The second kappa shape index (κ2) is 5.78. The van der Waals surface area contributed by atoms with Gasteiger partial charge in [0.15, 0.2) is 5.76 Å². The number of carbonyl (C=O) groups is 1. The third kappa shape index (κ3) is 2.47. The summed E-state index contributed by atoms with van der Waals surface area (Å²) in [6.07, 6.45) is 6.92. The fourth-order valence-electron chi connectivity index (χ4n) is 2.42. The molecule has 1 N–H and O–H groups in total. The van der Waals surface area contributed by atoms with Crippen molar-refractivity contribution in [3.63, 3.8) is 0 Å². The molecule has 0 bridgehead atoms. The molecule has 0 spiro atoms. The zero-order valence-corrected chi connectivity index (χ0v) is 12.1. The molecular formula is C17H15N3O2. The molecule has 0 unspecified atom stereocenters. The van der Waals surface area contributed by atoms with E-state index in [0.29, 0.717) is 6.54 Å². The first kappa shape index (κ1) is 14.0. The van der Waals surface area contributed by atoms with Crippen molar-refractivity contribution in [2.75, 3.05) is 0 Å². The summed E-state index contributed by atoms with van der Waals surface area (Å²) in [5.41, 5.74) is 1.81. The number of nitrogens with zero attached hydrogens (tertiary/aromatic N) is 2. The van der Waals surface area contributed by atoms with Gasteiger partial charge in [-0.15, -0.1) is 6.42 Å². The first-order chi connectivity index (χ1) is 10.7. The molecule has 0 saturated heterocycles. The third-order valence-corrected chi connectivity index (χ3v) is 3.41. The van der Waals surface area contributed by atoms with E-state index in [-0.39, 0.29) is 17.7 Å². The van der Waals surface area contributed by atoms with Gasteiger partial charge in [-0.1, -0.05) is 18.1 Å². The van der Waals surface area contributed by atoms with Gasteiger partial charge in [0.25, 0.3) is 5.91 Å². The lowest BCUT2D eigenvalue weighted by Crippen LogP contribution is -2.28. The maximum Gasteiger partial charge on any atom is 0.287 e. The fraction of sp³-hybridized carbons (Fsp3) is 0.176. The van der Waals surface area contributed by atoms with Crippen molar-refractivity contribution in [1.29, 1.82) is 0 Å². The van der Waals surface area contributed by atoms with E-state index in [1.54, 1.807) is 12.1 Å². The van der Waals surface area contributed by atoms with Crippen LogP contribution in [0.2, 0.25) is 0 Å². The van der Waals surface area contributed by atoms with E-state index >= 15 is 0 Å². The Hall–Kier alpha value is -3.00. The predicted octanol–water partition coefficient (Wildman–Crippen LogP) is 2.75. The summed E-state index contributed by atoms with van der Waals surface area (Å²) in [7, 11) is 0. The molecule has 0 aliphatic rings. The smallest absolute Gasteiger partial charge is 0.287 e. The molecule has 1 amide bonds. The number of benzene rings is 1. The highest BCUT2D eigenvalue weighted by Gasteiger charge is 2.19. The molecule has 5 nitrogen and oxygen atoms in total. The second-order valence-electron chi connectivity index (χ2n) is 4.92. The van der Waals surface area contributed by atoms with Gasteiger partial charge in [0.1, 0.15) is 5.82 Å². The van der Waals surface area contributed by atoms with Crippen molar-refractivity contribution >= 4 is 16.9 Å². The number of carbonyl (C=O) groups excluding carboxylic acids is 1. The molecular weight excluding hydrogens is 278 g/mol. The van der Waals surface area contributed by atoms with E-state index < -0.39 is 0 Å². The molecule has 0 saturated carbocycles. The molecule has 1 aromatic carbocycles. The minimum atomic E-state index is -0.293. The van der Waals surface area contributed by atoms with Gasteiger partial charge in [0.05, 0.1) is 29.9 Å². The Morgan fingerprint density at radius 2 is 2.23 bits per heavy atom. The highest BCUT2D eigenvalue weighted by atomic mass is 16.3. The lowest BCUT2D eigenvalue weighted by molar-refractivity contribution is 0.0910. The number of furan rings is 1. The number of imidazole rings is 1. The number of amides is 1. The van der Waals surface area contributed by atoms with E-state index in [4.69, 9.17) is 10.8 Å². The Balaban J connectivity index is 1.93. The molecule has 22 heavy (non-hydrogen) atoms. The first-order valence-electron chi connectivity index (χ1n) is 6.93. The Bertz CT molecular complexity index is 841. The van der Waals surface area contributed by atoms with Gasteiger partial charge in [-0.2, -0.15) is 0 Å². The van der Waals surface area contributed by atoms with E-state index in [9.17, 15) is 4.79 Å². The molecule has 0 aliphatic carbocycles. The van der Waals surface area contributed by atoms with Crippen LogP contribution in [0, 0.1) is 12.3 Å². The third-order valence-electron chi connectivity index (χ3n) is 3.41. The van der Waals surface area contributed by atoms with E-state index in [2.05, 4.69) is 16.2 Å². The summed E-state index contributed by atoms with van der Waals surface area (Å²) in [5, 5.41) is 2.87. The van der Waals surface area contributed by atoms with Crippen molar-refractivity contribution in [2.45, 2.75) is 19.5 Å². The number of fused-ring (bicyclic) bond motifs is 1. The molecule has 0 fully saturated rings. The van der Waals surface area contributed by atoms with Gasteiger partial charge in [-0.25, -0.2) is 4.98 Å². The van der Waals surface area contributed by atoms with Crippen LogP contribution < -0.4 is 5.32 Å². The number of aromatic nitrogens is 2. The van der Waals surface area contributed by atoms with Crippen molar-refractivity contribution < 1.29 is 9.21 Å². The van der Waals surface area contributed by atoms with E-state index in [0.717, 1.165) is 16.9 Å². The van der Waals surface area contributed by atoms with Crippen molar-refractivity contribution in [3.8, 4) is 12.3 Å². The van der Waals surface area contributed by atoms with E-state index in [1.165, 1.54) is 6.26 Å². The fourth-order valence-corrected chi connectivity index (χ4v) is 2.42. The van der Waals surface area contributed by atoms with E-state index in [1.807, 2.05) is 35.8 Å². The average Bonchev–Trinajstić information content (AvgIpc) is 3.16. The number of rotatable bonds is 4. The maximum atomic E-state index is 12.1. The molecule has 110 valence electrons. The maximum absolute atomic E-state index is 12.1. The van der Waals surface area contributed by atoms with Crippen LogP contribution in [0.25, 0.3) is 11.0 Å². The largest absolute Gasteiger partial charge is 0.459 e. The quantitative estimate of drug-likeness (QED) is 0.752. The van der Waals surface area contributed by atoms with Crippen LogP contribution in [-0.2, 0) is 6.54 Å². The van der Waals surface area contributed by atoms with Crippen LogP contribution in [0.1, 0.15) is 29.3 Å². The van der Waals surface area contributed by atoms with Crippen molar-refractivity contribution in [3.05, 3.63) is 54.2 Å². The van der Waals surface area contributed by atoms with Crippen LogP contribution in [-0.4, -0.2) is 15.5 Å². The molecule has 0 radical (unpaired) electrons. The number of terminal acetylenes is 1. The standard InChI is InChI=1S/C17H15N3O2/c1-3-10-20-14-8-5-4-7-13(14)19-16(20)12(2)18-17(21)15-9-6-11-22-15/h1,4-9,11-12H,10H2,2H3,(H,18,21)/t12-/m1/s1. The van der Waals surface area contributed by atoms with Crippen LogP contribution in [0.3, 0.4) is 0 Å². The lowest BCUT2D eigenvalue weighted by Gasteiger charge is -2.14. The summed E-state index contributed by atoms with van der Waals surface area (Å²) in [6.45, 7) is 2.27. The Morgan fingerprint density at radius 1 is 1.41 bits per heavy atom. The van der Waals surface area contributed by atoms with Crippen LogP contribution in [0.15, 0.2) is 47.1 Å². The van der Waals surface area contributed by atoms with Gasteiger partial charge in [0.2, 0.25) is 0 Å². The normalized spacial score (nSPS) is 12.0. The summed E-state index contributed by atoms with van der Waals surface area (Å²) in [4.78, 5) is 16.7. The molecule has 5 heteroatoms. The minimum Gasteiger partial charge on any atom is -0.459 e. The molecule has 3 aromatic rings. The van der Waals surface area contributed by atoms with Crippen LogP contribution >= 0.6 is 0 Å². The van der Waals surface area contributed by atoms with Crippen molar-refractivity contribution in [2.24, 2.45) is 0 Å². The molecule has 0 aliphatic heterocycles. The number of para-hydroxylation sites is 2. The molecule has 3 rings (SSSR count).